The van der Waals surface area contributed by atoms with Crippen molar-refractivity contribution in [2.24, 2.45) is 0 Å². The molecule has 0 saturated heterocycles. The van der Waals surface area contributed by atoms with Crippen LogP contribution < -0.4 is 0 Å². The molecular weight excluding hydrogens is 473 g/mol. The Kier molecular flexibility index (Phi) is 29.8. The lowest BCUT2D eigenvalue weighted by molar-refractivity contribution is 0.101. The lowest BCUT2D eigenvalue weighted by Crippen LogP contribution is -2.49. The first-order valence-electron chi connectivity index (χ1n) is 13.3. The van der Waals surface area contributed by atoms with Crippen LogP contribution in [0.15, 0.2) is 0 Å². The summed E-state index contributed by atoms with van der Waals surface area (Å²) in [6.07, 6.45) is 22.8. The van der Waals surface area contributed by atoms with Crippen molar-refractivity contribution >= 4 is 33.6 Å². The summed E-state index contributed by atoms with van der Waals surface area (Å²) in [7, 11) is 7.06. The molecule has 0 aliphatic rings. The maximum absolute atomic E-state index is 5.90. The van der Waals surface area contributed by atoms with Gasteiger partial charge in [-0.3, -0.25) is 0 Å². The Labute approximate surface area is 221 Å². The van der Waals surface area contributed by atoms with Crippen molar-refractivity contribution in [2.45, 2.75) is 135 Å². The SMILES string of the molecule is CCCCCCCCCCCCCCCC(CC(CCC)N(C)C)[Si](OC)(OC)OC.Cl.Cl. The molecule has 0 aromatic carbocycles. The van der Waals surface area contributed by atoms with E-state index in [1.54, 1.807) is 21.3 Å². The first kappa shape index (κ1) is 38.2. The van der Waals surface area contributed by atoms with Crippen molar-refractivity contribution in [3.05, 3.63) is 0 Å². The zero-order valence-corrected chi connectivity index (χ0v) is 25.8. The summed E-state index contributed by atoms with van der Waals surface area (Å²) in [6.45, 7) is 4.56. The fourth-order valence-electron chi connectivity index (χ4n) is 4.85. The first-order valence-corrected chi connectivity index (χ1v) is 15.1. The molecule has 204 valence electrons. The molecule has 0 aliphatic heterocycles. The molecule has 0 aliphatic carbocycles. The molecule has 0 spiro atoms. The van der Waals surface area contributed by atoms with Gasteiger partial charge in [-0.15, -0.1) is 24.8 Å². The summed E-state index contributed by atoms with van der Waals surface area (Å²) in [5, 5.41) is 0. The maximum Gasteiger partial charge on any atom is 0.503 e. The van der Waals surface area contributed by atoms with Gasteiger partial charge in [0.2, 0.25) is 0 Å². The lowest BCUT2D eigenvalue weighted by Gasteiger charge is -2.36. The number of hydrogen-bond acceptors (Lipinski definition) is 4. The molecule has 2 atom stereocenters. The van der Waals surface area contributed by atoms with Crippen LogP contribution in [0, 0.1) is 0 Å². The summed E-state index contributed by atoms with van der Waals surface area (Å²) >= 11 is 0. The van der Waals surface area contributed by atoms with E-state index in [9.17, 15) is 0 Å². The van der Waals surface area contributed by atoms with Crippen molar-refractivity contribution in [1.82, 2.24) is 4.90 Å². The smallest absolute Gasteiger partial charge is 0.377 e. The summed E-state index contributed by atoms with van der Waals surface area (Å²) in [5.74, 6) is 0. The number of unbranched alkanes of at least 4 members (excludes halogenated alkanes) is 12. The fraction of sp³-hybridized carbons (Fsp3) is 1.00. The summed E-state index contributed by atoms with van der Waals surface area (Å²) in [5.41, 5.74) is 0.374. The van der Waals surface area contributed by atoms with Crippen LogP contribution in [-0.4, -0.2) is 55.2 Å². The van der Waals surface area contributed by atoms with Crippen LogP contribution >= 0.6 is 24.8 Å². The van der Waals surface area contributed by atoms with Gasteiger partial charge in [0.25, 0.3) is 0 Å². The van der Waals surface area contributed by atoms with Gasteiger partial charge in [-0.25, -0.2) is 0 Å². The van der Waals surface area contributed by atoms with Crippen LogP contribution in [0.25, 0.3) is 0 Å². The number of nitrogens with zero attached hydrogens (tertiary/aromatic N) is 1. The van der Waals surface area contributed by atoms with E-state index in [1.807, 2.05) is 0 Å². The zero-order valence-electron chi connectivity index (χ0n) is 23.2. The summed E-state index contributed by atoms with van der Waals surface area (Å²) in [6, 6.07) is 0.560. The second-order valence-corrected chi connectivity index (χ2v) is 12.8. The number of halogens is 2. The van der Waals surface area contributed by atoms with Gasteiger partial charge in [-0.2, -0.15) is 0 Å². The van der Waals surface area contributed by atoms with E-state index in [2.05, 4.69) is 32.8 Å². The van der Waals surface area contributed by atoms with E-state index in [0.717, 1.165) is 12.8 Å². The predicted octanol–water partition coefficient (Wildman–Crippen LogP) is 8.68. The Morgan fingerprint density at radius 3 is 1.30 bits per heavy atom. The third-order valence-corrected chi connectivity index (χ3v) is 10.1. The Hall–Kier alpha value is 0.637. The molecule has 2 unspecified atom stereocenters. The predicted molar refractivity (Wildman–Crippen MR) is 152 cm³/mol. The molecule has 0 rings (SSSR count). The zero-order chi connectivity index (χ0) is 23.4. The second-order valence-electron chi connectivity index (χ2n) is 9.59. The maximum atomic E-state index is 5.90. The summed E-state index contributed by atoms with van der Waals surface area (Å²) in [4.78, 5) is 2.36. The molecule has 0 aromatic heterocycles. The van der Waals surface area contributed by atoms with Gasteiger partial charge >= 0.3 is 8.80 Å². The average molecular weight is 533 g/mol. The van der Waals surface area contributed by atoms with Gasteiger partial charge in [0, 0.05) is 32.9 Å². The van der Waals surface area contributed by atoms with E-state index in [0.29, 0.717) is 11.6 Å². The highest BCUT2D eigenvalue weighted by Crippen LogP contribution is 2.35. The van der Waals surface area contributed by atoms with Gasteiger partial charge in [0.05, 0.1) is 0 Å². The molecule has 0 N–H and O–H groups in total. The molecule has 0 amide bonds. The molecule has 0 aromatic rings. The molecular formula is C26H59Cl2NO3Si. The van der Waals surface area contributed by atoms with Crippen LogP contribution in [0.1, 0.15) is 123 Å². The lowest BCUT2D eigenvalue weighted by atomic mass is 10.0. The van der Waals surface area contributed by atoms with Gasteiger partial charge in [-0.05, 0) is 33.4 Å². The third-order valence-electron chi connectivity index (χ3n) is 6.92. The van der Waals surface area contributed by atoms with Crippen LogP contribution in [0.5, 0.6) is 0 Å². The Morgan fingerprint density at radius 1 is 0.576 bits per heavy atom. The average Bonchev–Trinajstić information content (AvgIpc) is 2.77. The molecule has 0 heterocycles. The van der Waals surface area contributed by atoms with Crippen molar-refractivity contribution in [3.8, 4) is 0 Å². The monoisotopic (exact) mass is 531 g/mol. The fourth-order valence-corrected chi connectivity index (χ4v) is 7.46. The Balaban J connectivity index is -0.00000450. The standard InChI is InChI=1S/C26H57NO3Si.2ClH/c1-8-10-11-12-13-14-15-16-17-18-19-20-21-23-26(31(28-5,29-6)30-7)24-25(22-9-2)27(3)4;;/h25-26H,8-24H2,1-7H3;2*1H. The van der Waals surface area contributed by atoms with Crippen molar-refractivity contribution in [1.29, 1.82) is 0 Å². The van der Waals surface area contributed by atoms with E-state index in [4.69, 9.17) is 13.3 Å². The van der Waals surface area contributed by atoms with E-state index < -0.39 is 8.80 Å². The van der Waals surface area contributed by atoms with E-state index in [-0.39, 0.29) is 24.8 Å². The highest BCUT2D eigenvalue weighted by atomic mass is 35.5. The van der Waals surface area contributed by atoms with E-state index >= 15 is 0 Å². The van der Waals surface area contributed by atoms with Crippen LogP contribution in [0.4, 0.5) is 0 Å². The number of hydrogen-bond donors (Lipinski definition) is 0. The minimum absolute atomic E-state index is 0. The highest BCUT2D eigenvalue weighted by Gasteiger charge is 2.47. The van der Waals surface area contributed by atoms with Crippen molar-refractivity contribution in [3.63, 3.8) is 0 Å². The van der Waals surface area contributed by atoms with Crippen LogP contribution in [0.2, 0.25) is 5.54 Å². The van der Waals surface area contributed by atoms with Crippen LogP contribution in [0.3, 0.4) is 0 Å². The summed E-state index contributed by atoms with van der Waals surface area (Å²) < 4.78 is 17.7. The highest BCUT2D eigenvalue weighted by molar-refractivity contribution is 6.62. The molecule has 4 nitrogen and oxygen atoms in total. The van der Waals surface area contributed by atoms with Crippen LogP contribution in [-0.2, 0) is 13.3 Å². The topological polar surface area (TPSA) is 30.9 Å². The minimum Gasteiger partial charge on any atom is -0.377 e. The van der Waals surface area contributed by atoms with E-state index in [1.165, 1.54) is 96.3 Å². The normalized spacial score (nSPS) is 13.5. The Morgan fingerprint density at radius 2 is 0.970 bits per heavy atom. The quantitative estimate of drug-likeness (QED) is 0.0973. The minimum atomic E-state index is -2.61. The van der Waals surface area contributed by atoms with Gasteiger partial charge < -0.3 is 18.2 Å². The third kappa shape index (κ3) is 17.7. The molecule has 33 heavy (non-hydrogen) atoms. The molecule has 7 heteroatoms. The van der Waals surface area contributed by atoms with Gasteiger partial charge in [0.15, 0.2) is 0 Å². The Bertz CT molecular complexity index is 380. The van der Waals surface area contributed by atoms with Crippen molar-refractivity contribution in [2.75, 3.05) is 35.4 Å². The molecule has 0 saturated carbocycles. The van der Waals surface area contributed by atoms with Crippen molar-refractivity contribution < 1.29 is 13.3 Å². The number of rotatable bonds is 23. The largest absolute Gasteiger partial charge is 0.503 e. The van der Waals surface area contributed by atoms with Gasteiger partial charge in [0.1, 0.15) is 0 Å². The first-order chi connectivity index (χ1) is 15.0. The molecule has 0 fully saturated rings. The van der Waals surface area contributed by atoms with Gasteiger partial charge in [-0.1, -0.05) is 104 Å². The second kappa shape index (κ2) is 25.7. The molecule has 0 bridgehead atoms. The molecule has 0 radical (unpaired) electrons.